The lowest BCUT2D eigenvalue weighted by Gasteiger charge is -2.07. The van der Waals surface area contributed by atoms with Crippen LogP contribution in [0.5, 0.6) is 0 Å². The van der Waals surface area contributed by atoms with Crippen LogP contribution in [-0.2, 0) is 6.54 Å². The minimum Gasteiger partial charge on any atom is -0.390 e. The largest absolute Gasteiger partial charge is 0.434 e. The zero-order valence-electron chi connectivity index (χ0n) is 12.1. The number of anilines is 1. The Hall–Kier alpha value is -2.67. The molecule has 8 heteroatoms. The van der Waals surface area contributed by atoms with Crippen LogP contribution in [-0.4, -0.2) is 26.0 Å². The first-order valence-electron chi connectivity index (χ1n) is 7.09. The number of fused-ring (bicyclic) bond motifs is 1. The van der Waals surface area contributed by atoms with Crippen molar-refractivity contribution in [2.24, 2.45) is 0 Å². The first-order chi connectivity index (χ1) is 11.1. The number of nitrogens with zero attached hydrogens (tertiary/aromatic N) is 4. The van der Waals surface area contributed by atoms with Crippen LogP contribution in [0, 0.1) is 10.1 Å². The SMILES string of the molecule is O=[N+]([O-])c1nccn1CCCNc1ccc2ccc(Cl)cc2n1. The first kappa shape index (κ1) is 15.2. The van der Waals surface area contributed by atoms with Crippen molar-refractivity contribution in [3.05, 3.63) is 57.9 Å². The maximum atomic E-state index is 10.8. The summed E-state index contributed by atoms with van der Waals surface area (Å²) in [6.07, 6.45) is 3.75. The Morgan fingerprint density at radius 3 is 2.96 bits per heavy atom. The molecule has 0 aliphatic rings. The van der Waals surface area contributed by atoms with Crippen molar-refractivity contribution < 1.29 is 4.92 Å². The molecule has 7 nitrogen and oxygen atoms in total. The fourth-order valence-corrected chi connectivity index (χ4v) is 2.47. The Labute approximate surface area is 137 Å². The monoisotopic (exact) mass is 331 g/mol. The number of aryl methyl sites for hydroxylation is 1. The molecule has 0 radical (unpaired) electrons. The highest BCUT2D eigenvalue weighted by molar-refractivity contribution is 6.31. The predicted octanol–water partition coefficient (Wildman–Crippen LogP) is 3.50. The van der Waals surface area contributed by atoms with E-state index in [0.717, 1.165) is 16.7 Å². The van der Waals surface area contributed by atoms with Crippen LogP contribution < -0.4 is 5.32 Å². The standard InChI is InChI=1S/C15H14ClN5O2/c16-12-4-2-11-3-5-14(19-13(11)10-12)17-6-1-8-20-9-7-18-15(20)21(22)23/h2-5,7,9-10H,1,6,8H2,(H,17,19). The second kappa shape index (κ2) is 6.62. The van der Waals surface area contributed by atoms with Gasteiger partial charge in [0.2, 0.25) is 0 Å². The number of imidazole rings is 1. The van der Waals surface area contributed by atoms with E-state index in [1.807, 2.05) is 30.3 Å². The molecule has 0 fully saturated rings. The van der Waals surface area contributed by atoms with E-state index in [9.17, 15) is 10.1 Å². The summed E-state index contributed by atoms with van der Waals surface area (Å²) in [4.78, 5) is 18.5. The van der Waals surface area contributed by atoms with Gasteiger partial charge in [0.25, 0.3) is 0 Å². The summed E-state index contributed by atoms with van der Waals surface area (Å²) in [5, 5.41) is 15.7. The quantitative estimate of drug-likeness (QED) is 0.424. The topological polar surface area (TPSA) is 85.9 Å². The van der Waals surface area contributed by atoms with Crippen LogP contribution >= 0.6 is 11.6 Å². The number of nitro groups is 1. The van der Waals surface area contributed by atoms with Gasteiger partial charge in [-0.3, -0.25) is 0 Å². The van der Waals surface area contributed by atoms with Crippen LogP contribution in [0.3, 0.4) is 0 Å². The van der Waals surface area contributed by atoms with Gasteiger partial charge in [-0.15, -0.1) is 0 Å². The van der Waals surface area contributed by atoms with Crippen molar-refractivity contribution in [1.82, 2.24) is 14.5 Å². The number of hydrogen-bond donors (Lipinski definition) is 1. The summed E-state index contributed by atoms with van der Waals surface area (Å²) in [7, 11) is 0. The number of benzene rings is 1. The second-order valence-corrected chi connectivity index (χ2v) is 5.43. The molecule has 0 amide bonds. The number of rotatable bonds is 6. The van der Waals surface area contributed by atoms with Gasteiger partial charge in [0.05, 0.1) is 12.1 Å². The molecule has 0 aliphatic heterocycles. The van der Waals surface area contributed by atoms with E-state index < -0.39 is 4.92 Å². The summed E-state index contributed by atoms with van der Waals surface area (Å²) >= 11 is 5.97. The van der Waals surface area contributed by atoms with Gasteiger partial charge in [-0.25, -0.2) is 9.55 Å². The van der Waals surface area contributed by atoms with E-state index in [1.165, 1.54) is 10.8 Å². The van der Waals surface area contributed by atoms with E-state index in [4.69, 9.17) is 11.6 Å². The highest BCUT2D eigenvalue weighted by atomic mass is 35.5. The normalized spacial score (nSPS) is 10.8. The number of halogens is 1. The van der Waals surface area contributed by atoms with Gasteiger partial charge in [-0.1, -0.05) is 22.7 Å². The maximum absolute atomic E-state index is 10.8. The molecule has 3 rings (SSSR count). The zero-order valence-corrected chi connectivity index (χ0v) is 12.9. The van der Waals surface area contributed by atoms with Gasteiger partial charge >= 0.3 is 5.95 Å². The molecule has 0 atom stereocenters. The van der Waals surface area contributed by atoms with Crippen LogP contribution in [0.25, 0.3) is 10.9 Å². The Kier molecular flexibility index (Phi) is 4.38. The Bertz CT molecular complexity index is 849. The fourth-order valence-electron chi connectivity index (χ4n) is 2.30. The lowest BCUT2D eigenvalue weighted by molar-refractivity contribution is -0.396. The van der Waals surface area contributed by atoms with Crippen molar-refractivity contribution in [2.45, 2.75) is 13.0 Å². The second-order valence-electron chi connectivity index (χ2n) is 4.99. The third kappa shape index (κ3) is 3.57. The Morgan fingerprint density at radius 1 is 1.30 bits per heavy atom. The molecular weight excluding hydrogens is 318 g/mol. The number of pyridine rings is 1. The van der Waals surface area contributed by atoms with Crippen LogP contribution in [0.4, 0.5) is 11.8 Å². The molecule has 0 saturated heterocycles. The van der Waals surface area contributed by atoms with Crippen LogP contribution in [0.2, 0.25) is 5.02 Å². The van der Waals surface area contributed by atoms with Crippen molar-refractivity contribution in [2.75, 3.05) is 11.9 Å². The van der Waals surface area contributed by atoms with E-state index >= 15 is 0 Å². The number of aromatic nitrogens is 3. The highest BCUT2D eigenvalue weighted by Gasteiger charge is 2.12. The number of hydrogen-bond acceptors (Lipinski definition) is 5. The minimum absolute atomic E-state index is 0.136. The fraction of sp³-hybridized carbons (Fsp3) is 0.200. The third-order valence-electron chi connectivity index (χ3n) is 3.39. The molecule has 0 spiro atoms. The lowest BCUT2D eigenvalue weighted by atomic mass is 10.2. The molecule has 2 heterocycles. The molecule has 1 N–H and O–H groups in total. The van der Waals surface area contributed by atoms with Crippen LogP contribution in [0.15, 0.2) is 42.7 Å². The van der Waals surface area contributed by atoms with Crippen molar-refractivity contribution in [3.8, 4) is 0 Å². The molecule has 118 valence electrons. The van der Waals surface area contributed by atoms with Gasteiger partial charge in [0, 0.05) is 17.0 Å². The van der Waals surface area contributed by atoms with Crippen molar-refractivity contribution in [3.63, 3.8) is 0 Å². The Morgan fingerprint density at radius 2 is 2.13 bits per heavy atom. The zero-order chi connectivity index (χ0) is 16.2. The number of nitrogens with one attached hydrogen (secondary N) is 1. The molecule has 0 saturated carbocycles. The molecular formula is C15H14ClN5O2. The molecule has 3 aromatic rings. The molecule has 2 aromatic heterocycles. The van der Waals surface area contributed by atoms with E-state index in [0.29, 0.717) is 24.5 Å². The average molecular weight is 332 g/mol. The van der Waals surface area contributed by atoms with Crippen molar-refractivity contribution >= 4 is 34.3 Å². The minimum atomic E-state index is -0.484. The predicted molar refractivity (Wildman–Crippen MR) is 88.7 cm³/mol. The lowest BCUT2D eigenvalue weighted by Crippen LogP contribution is -2.09. The molecule has 1 aromatic carbocycles. The van der Waals surface area contributed by atoms with E-state index in [1.54, 1.807) is 6.20 Å². The Balaban J connectivity index is 1.58. The molecule has 23 heavy (non-hydrogen) atoms. The van der Waals surface area contributed by atoms with Gasteiger partial charge < -0.3 is 15.4 Å². The van der Waals surface area contributed by atoms with Gasteiger partial charge in [0.15, 0.2) is 0 Å². The maximum Gasteiger partial charge on any atom is 0.434 e. The third-order valence-corrected chi connectivity index (χ3v) is 3.63. The summed E-state index contributed by atoms with van der Waals surface area (Å²) in [6, 6.07) is 9.44. The molecule has 0 unspecified atom stereocenters. The van der Waals surface area contributed by atoms with Gasteiger partial charge in [0.1, 0.15) is 18.2 Å². The molecule has 0 aliphatic carbocycles. The van der Waals surface area contributed by atoms with Crippen molar-refractivity contribution in [1.29, 1.82) is 0 Å². The molecule has 0 bridgehead atoms. The van der Waals surface area contributed by atoms with Crippen LogP contribution in [0.1, 0.15) is 6.42 Å². The highest BCUT2D eigenvalue weighted by Crippen LogP contribution is 2.19. The van der Waals surface area contributed by atoms with Gasteiger partial charge in [-0.2, -0.15) is 0 Å². The summed E-state index contributed by atoms with van der Waals surface area (Å²) in [5.74, 6) is 0.614. The first-order valence-corrected chi connectivity index (χ1v) is 7.47. The summed E-state index contributed by atoms with van der Waals surface area (Å²) in [5.41, 5.74) is 0.827. The average Bonchev–Trinajstić information content (AvgIpc) is 3.00. The van der Waals surface area contributed by atoms with E-state index in [2.05, 4.69) is 15.3 Å². The smallest absolute Gasteiger partial charge is 0.390 e. The van der Waals surface area contributed by atoms with Gasteiger partial charge in [-0.05, 0) is 35.6 Å². The summed E-state index contributed by atoms with van der Waals surface area (Å²) < 4.78 is 1.52. The van der Waals surface area contributed by atoms with E-state index in [-0.39, 0.29) is 5.95 Å². The summed E-state index contributed by atoms with van der Waals surface area (Å²) in [6.45, 7) is 1.16.